The molecule has 2 N–H and O–H groups in total. The largest absolute Gasteiger partial charge is 0.454 e. The number of hydrogen-bond acceptors (Lipinski definition) is 6. The van der Waals surface area contributed by atoms with Crippen molar-refractivity contribution in [2.24, 2.45) is 0 Å². The number of amides is 3. The summed E-state index contributed by atoms with van der Waals surface area (Å²) in [7, 11) is 0. The maximum atomic E-state index is 12.0. The Morgan fingerprint density at radius 1 is 1.12 bits per heavy atom. The van der Waals surface area contributed by atoms with Crippen molar-refractivity contribution in [3.63, 3.8) is 0 Å². The summed E-state index contributed by atoms with van der Waals surface area (Å²) in [4.78, 5) is 46.0. The minimum absolute atomic E-state index is 0.109. The summed E-state index contributed by atoms with van der Waals surface area (Å²) in [5.41, 5.74) is 0.373. The van der Waals surface area contributed by atoms with Crippen molar-refractivity contribution >= 4 is 39.8 Å². The first-order valence-electron chi connectivity index (χ1n) is 7.03. The van der Waals surface area contributed by atoms with E-state index in [1.807, 2.05) is 5.32 Å². The van der Waals surface area contributed by atoms with Crippen molar-refractivity contribution in [1.29, 1.82) is 0 Å². The van der Waals surface area contributed by atoms with Crippen molar-refractivity contribution in [3.05, 3.63) is 34.3 Å². The monoisotopic (exact) mass is 400 g/mol. The van der Waals surface area contributed by atoms with Gasteiger partial charge in [0.2, 0.25) is 0 Å². The predicted octanol–water partition coefficient (Wildman–Crippen LogP) is 1.38. The van der Waals surface area contributed by atoms with E-state index in [1.54, 1.807) is 31.2 Å². The van der Waals surface area contributed by atoms with Gasteiger partial charge in [-0.1, -0.05) is 15.9 Å². The lowest BCUT2D eigenvalue weighted by atomic mass is 10.2. The molecule has 130 valence electrons. The molecule has 0 aliphatic heterocycles. The number of nitrogens with one attached hydrogen (secondary N) is 2. The third kappa shape index (κ3) is 6.78. The molecule has 0 radical (unpaired) electrons. The highest BCUT2D eigenvalue weighted by atomic mass is 79.9. The van der Waals surface area contributed by atoms with Gasteiger partial charge < -0.3 is 14.8 Å². The molecule has 0 unspecified atom stereocenters. The number of rotatable bonds is 6. The first-order chi connectivity index (χ1) is 11.3. The van der Waals surface area contributed by atoms with Crippen LogP contribution >= 0.6 is 15.9 Å². The highest BCUT2D eigenvalue weighted by Gasteiger charge is 2.19. The molecule has 0 heterocycles. The number of carbonyl (C=O) groups excluding carboxylic acids is 4. The van der Waals surface area contributed by atoms with Crippen LogP contribution in [0, 0.1) is 0 Å². The Balaban J connectivity index is 2.41. The molecule has 0 spiro atoms. The molecule has 0 aliphatic carbocycles. The molecule has 1 rings (SSSR count). The van der Waals surface area contributed by atoms with Crippen LogP contribution in [0.3, 0.4) is 0 Å². The van der Waals surface area contributed by atoms with Gasteiger partial charge in [0.25, 0.3) is 11.8 Å². The van der Waals surface area contributed by atoms with Gasteiger partial charge in [-0.25, -0.2) is 9.59 Å². The summed E-state index contributed by atoms with van der Waals surface area (Å²) in [5, 5.41) is 4.33. The first kappa shape index (κ1) is 19.6. The van der Waals surface area contributed by atoms with Crippen LogP contribution < -0.4 is 10.6 Å². The minimum atomic E-state index is -0.962. The zero-order valence-electron chi connectivity index (χ0n) is 13.1. The maximum Gasteiger partial charge on any atom is 0.413 e. The number of carbonyl (C=O) groups is 4. The second kappa shape index (κ2) is 9.66. The van der Waals surface area contributed by atoms with Crippen molar-refractivity contribution in [3.8, 4) is 0 Å². The van der Waals surface area contributed by atoms with Gasteiger partial charge in [-0.15, -0.1) is 0 Å². The van der Waals surface area contributed by atoms with E-state index in [-0.39, 0.29) is 6.61 Å². The van der Waals surface area contributed by atoms with Crippen LogP contribution in [0.5, 0.6) is 0 Å². The van der Waals surface area contributed by atoms with E-state index >= 15 is 0 Å². The Morgan fingerprint density at radius 3 is 2.33 bits per heavy atom. The van der Waals surface area contributed by atoms with Crippen LogP contribution in [0.1, 0.15) is 24.2 Å². The van der Waals surface area contributed by atoms with E-state index in [0.29, 0.717) is 5.56 Å². The van der Waals surface area contributed by atoms with Gasteiger partial charge in [-0.05, 0) is 38.1 Å². The van der Waals surface area contributed by atoms with E-state index in [0.717, 1.165) is 4.47 Å². The van der Waals surface area contributed by atoms with Gasteiger partial charge in [0.1, 0.15) is 6.04 Å². The summed E-state index contributed by atoms with van der Waals surface area (Å²) >= 11 is 3.25. The standard InChI is InChI=1S/C15H17BrN2O6/c1-3-23-15(22)18-12(19)8-24-14(21)9(2)17-13(20)10-4-6-11(16)7-5-10/h4-7,9H,3,8H2,1-2H3,(H,17,20)(H,18,19,22)/t9-/m0/s1. The number of benzene rings is 1. The molecular formula is C15H17BrN2O6. The second-order valence-electron chi connectivity index (χ2n) is 4.58. The number of imide groups is 1. The van der Waals surface area contributed by atoms with Gasteiger partial charge in [-0.3, -0.25) is 14.9 Å². The number of ether oxygens (including phenoxy) is 2. The smallest absolute Gasteiger partial charge is 0.413 e. The Kier molecular flexibility index (Phi) is 7.90. The molecule has 1 aromatic carbocycles. The average molecular weight is 401 g/mol. The molecule has 0 bridgehead atoms. The molecule has 0 saturated heterocycles. The van der Waals surface area contributed by atoms with Crippen molar-refractivity contribution in [2.45, 2.75) is 19.9 Å². The van der Waals surface area contributed by atoms with Gasteiger partial charge in [0.15, 0.2) is 6.61 Å². The number of alkyl carbamates (subject to hydrolysis) is 1. The Labute approximate surface area is 147 Å². The lowest BCUT2D eigenvalue weighted by Gasteiger charge is -2.13. The lowest BCUT2D eigenvalue weighted by molar-refractivity contribution is -0.149. The van der Waals surface area contributed by atoms with Crippen LogP contribution in [-0.4, -0.2) is 43.1 Å². The third-order valence-corrected chi connectivity index (χ3v) is 3.20. The van der Waals surface area contributed by atoms with Crippen LogP contribution in [0.4, 0.5) is 4.79 Å². The SMILES string of the molecule is CCOC(=O)NC(=O)COC(=O)[C@H](C)NC(=O)c1ccc(Br)cc1. The number of esters is 1. The molecule has 0 aromatic heterocycles. The number of hydrogen-bond donors (Lipinski definition) is 2. The summed E-state index contributed by atoms with van der Waals surface area (Å²) in [6.45, 7) is 2.45. The maximum absolute atomic E-state index is 12.0. The Morgan fingerprint density at radius 2 is 1.75 bits per heavy atom. The van der Waals surface area contributed by atoms with E-state index in [4.69, 9.17) is 4.74 Å². The Bertz CT molecular complexity index is 617. The molecule has 0 saturated carbocycles. The summed E-state index contributed by atoms with van der Waals surface area (Å²) < 4.78 is 10.0. The minimum Gasteiger partial charge on any atom is -0.454 e. The third-order valence-electron chi connectivity index (χ3n) is 2.67. The summed E-state index contributed by atoms with van der Waals surface area (Å²) in [6.07, 6.45) is -0.921. The molecule has 0 fully saturated rings. The molecule has 1 aromatic rings. The van der Waals surface area contributed by atoms with Crippen LogP contribution in [0.2, 0.25) is 0 Å². The van der Waals surface area contributed by atoms with E-state index < -0.39 is 36.5 Å². The van der Waals surface area contributed by atoms with Crippen molar-refractivity contribution in [2.75, 3.05) is 13.2 Å². The normalized spacial score (nSPS) is 11.1. The van der Waals surface area contributed by atoms with Gasteiger partial charge in [-0.2, -0.15) is 0 Å². The van der Waals surface area contributed by atoms with E-state index in [1.165, 1.54) is 6.92 Å². The van der Waals surface area contributed by atoms with E-state index in [9.17, 15) is 19.2 Å². The molecule has 8 nitrogen and oxygen atoms in total. The van der Waals surface area contributed by atoms with E-state index in [2.05, 4.69) is 26.0 Å². The summed E-state index contributed by atoms with van der Waals surface area (Å²) in [6, 6.07) is 5.60. The van der Waals surface area contributed by atoms with Crippen molar-refractivity contribution < 1.29 is 28.7 Å². The second-order valence-corrected chi connectivity index (χ2v) is 5.49. The fourth-order valence-electron chi connectivity index (χ4n) is 1.52. The molecule has 3 amide bonds. The molecule has 24 heavy (non-hydrogen) atoms. The number of halogens is 1. The molecule has 0 aliphatic rings. The molecular weight excluding hydrogens is 384 g/mol. The zero-order valence-corrected chi connectivity index (χ0v) is 14.7. The van der Waals surface area contributed by atoms with Gasteiger partial charge in [0.05, 0.1) is 6.61 Å². The van der Waals surface area contributed by atoms with Gasteiger partial charge >= 0.3 is 12.1 Å². The Hall–Kier alpha value is -2.42. The van der Waals surface area contributed by atoms with Gasteiger partial charge in [0, 0.05) is 10.0 Å². The van der Waals surface area contributed by atoms with Crippen LogP contribution in [0.15, 0.2) is 28.7 Å². The topological polar surface area (TPSA) is 111 Å². The highest BCUT2D eigenvalue weighted by molar-refractivity contribution is 9.10. The molecule has 9 heteroatoms. The fourth-order valence-corrected chi connectivity index (χ4v) is 1.78. The average Bonchev–Trinajstić information content (AvgIpc) is 2.53. The first-order valence-corrected chi connectivity index (χ1v) is 7.82. The highest BCUT2D eigenvalue weighted by Crippen LogP contribution is 2.10. The van der Waals surface area contributed by atoms with Crippen LogP contribution in [-0.2, 0) is 19.1 Å². The predicted molar refractivity (Wildman–Crippen MR) is 87.2 cm³/mol. The molecule has 1 atom stereocenters. The lowest BCUT2D eigenvalue weighted by Crippen LogP contribution is -2.41. The van der Waals surface area contributed by atoms with Crippen molar-refractivity contribution in [1.82, 2.24) is 10.6 Å². The fraction of sp³-hybridized carbons (Fsp3) is 0.333. The quantitative estimate of drug-likeness (QED) is 0.697. The summed E-state index contributed by atoms with van der Waals surface area (Å²) in [5.74, 6) is -2.09. The van der Waals surface area contributed by atoms with Crippen LogP contribution in [0.25, 0.3) is 0 Å². The zero-order chi connectivity index (χ0) is 18.1.